The molecule has 79 heavy (non-hydrogen) atoms. The number of aliphatic hydroxyl groups excluding tert-OH is 1. The monoisotopic (exact) mass is 1060 g/mol. The first-order valence-electron chi connectivity index (χ1n) is 28.3. The predicted molar refractivity (Wildman–Crippen MR) is 328 cm³/mol. The van der Waals surface area contributed by atoms with Crippen LogP contribution in [0, 0.1) is 0 Å². The maximum absolute atomic E-state index is 14.1. The van der Waals surface area contributed by atoms with Crippen LogP contribution in [-0.2, 0) is 50.1 Å². The summed E-state index contributed by atoms with van der Waals surface area (Å²) in [5.41, 5.74) is 15.7. The molecule has 414 valence electrons. The van der Waals surface area contributed by atoms with E-state index in [1.165, 1.54) is 50.2 Å². The van der Waals surface area contributed by atoms with Crippen molar-refractivity contribution >= 4 is 41.2 Å². The average molecular weight is 1060 g/mol. The fourth-order valence-corrected chi connectivity index (χ4v) is 12.3. The zero-order valence-electron chi connectivity index (χ0n) is 50.2. The van der Waals surface area contributed by atoms with E-state index in [1.54, 1.807) is 66.8 Å². The number of carbonyl (C=O) groups is 3. The number of anilines is 2. The SMILES string of the molecule is CN(C)c1ccc(C(C)(C)Cc2cc(C(=O)C=Cc3ccc(C(=O)OC(=O)c4ccc(C=CC(O)c5cc(CC(C)(C)c6ccc(N(C)C)cc6)c6c(c5)C(C)(C)CCC6(C)C)cc4)cc3)cc3c2C(C)(C)CCC3(C)C)cc1. The number of esters is 2. The van der Waals surface area contributed by atoms with Crippen LogP contribution < -0.4 is 9.80 Å². The van der Waals surface area contributed by atoms with Gasteiger partial charge in [0.1, 0.15) is 0 Å². The van der Waals surface area contributed by atoms with Gasteiger partial charge in [-0.15, -0.1) is 0 Å². The number of hydrogen-bond acceptors (Lipinski definition) is 7. The van der Waals surface area contributed by atoms with Gasteiger partial charge in [-0.1, -0.05) is 162 Å². The van der Waals surface area contributed by atoms with Crippen molar-refractivity contribution in [1.29, 1.82) is 0 Å². The number of aliphatic hydroxyl groups is 1. The molecule has 0 bridgehead atoms. The molecular formula is C72H86N2O5. The quantitative estimate of drug-likeness (QED) is 0.0447. The summed E-state index contributed by atoms with van der Waals surface area (Å²) in [6.07, 6.45) is 12.1. The summed E-state index contributed by atoms with van der Waals surface area (Å²) < 4.78 is 5.33. The van der Waals surface area contributed by atoms with E-state index in [4.69, 9.17) is 4.74 Å². The molecule has 1 unspecified atom stereocenters. The molecule has 2 aliphatic rings. The molecule has 0 saturated carbocycles. The molecule has 7 nitrogen and oxygen atoms in total. The summed E-state index contributed by atoms with van der Waals surface area (Å²) in [5, 5.41) is 11.8. The van der Waals surface area contributed by atoms with Crippen molar-refractivity contribution in [3.05, 3.63) is 211 Å². The first-order valence-corrected chi connectivity index (χ1v) is 28.3. The molecule has 6 aromatic carbocycles. The van der Waals surface area contributed by atoms with Crippen molar-refractivity contribution in [2.75, 3.05) is 38.0 Å². The Morgan fingerprint density at radius 2 is 0.911 bits per heavy atom. The highest BCUT2D eigenvalue weighted by atomic mass is 16.6. The fourth-order valence-electron chi connectivity index (χ4n) is 12.3. The number of ether oxygens (including phenoxy) is 1. The summed E-state index contributed by atoms with van der Waals surface area (Å²) in [4.78, 5) is 44.9. The Hall–Kier alpha value is -6.83. The van der Waals surface area contributed by atoms with Gasteiger partial charge in [0.15, 0.2) is 5.78 Å². The van der Waals surface area contributed by atoms with Crippen molar-refractivity contribution in [1.82, 2.24) is 0 Å². The Morgan fingerprint density at radius 3 is 1.34 bits per heavy atom. The van der Waals surface area contributed by atoms with E-state index in [0.29, 0.717) is 5.56 Å². The van der Waals surface area contributed by atoms with Crippen LogP contribution in [0.5, 0.6) is 0 Å². The Bertz CT molecular complexity index is 3290. The van der Waals surface area contributed by atoms with Crippen LogP contribution in [0.1, 0.15) is 207 Å². The molecule has 6 aromatic rings. The lowest BCUT2D eigenvalue weighted by molar-refractivity contribution is 0.0397. The highest BCUT2D eigenvalue weighted by Gasteiger charge is 2.42. The van der Waals surface area contributed by atoms with E-state index in [9.17, 15) is 19.5 Å². The van der Waals surface area contributed by atoms with Crippen molar-refractivity contribution < 1.29 is 24.2 Å². The van der Waals surface area contributed by atoms with E-state index >= 15 is 0 Å². The maximum Gasteiger partial charge on any atom is 0.346 e. The van der Waals surface area contributed by atoms with Crippen LogP contribution in [-0.4, -0.2) is 51.0 Å². The number of nitrogens with zero attached hydrogens (tertiary/aromatic N) is 2. The minimum absolute atomic E-state index is 0.00641. The number of hydrogen-bond donors (Lipinski definition) is 1. The van der Waals surface area contributed by atoms with Gasteiger partial charge in [0, 0.05) is 45.1 Å². The molecule has 2 aliphatic carbocycles. The van der Waals surface area contributed by atoms with Gasteiger partial charge in [-0.25, -0.2) is 9.59 Å². The number of ketones is 1. The zero-order chi connectivity index (χ0) is 57.6. The number of fused-ring (bicyclic) bond motifs is 2. The van der Waals surface area contributed by atoms with Gasteiger partial charge in [0.25, 0.3) is 0 Å². The second-order valence-electron chi connectivity index (χ2n) is 27.1. The Kier molecular flexibility index (Phi) is 16.3. The summed E-state index contributed by atoms with van der Waals surface area (Å²) in [7, 11) is 8.23. The lowest BCUT2D eigenvalue weighted by Gasteiger charge is -2.44. The largest absolute Gasteiger partial charge is 0.386 e. The first kappa shape index (κ1) is 58.3. The Morgan fingerprint density at radius 1 is 0.519 bits per heavy atom. The molecular weight excluding hydrogens is 973 g/mol. The lowest BCUT2D eigenvalue weighted by atomic mass is 9.60. The third kappa shape index (κ3) is 12.8. The molecule has 0 aromatic heterocycles. The Balaban J connectivity index is 0.931. The fraction of sp³-hybridized carbons (Fsp3) is 0.403. The third-order valence-electron chi connectivity index (χ3n) is 17.6. The normalized spacial score (nSPS) is 16.7. The maximum atomic E-state index is 14.1. The minimum Gasteiger partial charge on any atom is -0.386 e. The topological polar surface area (TPSA) is 87.1 Å². The van der Waals surface area contributed by atoms with Crippen molar-refractivity contribution in [2.45, 2.75) is 160 Å². The van der Waals surface area contributed by atoms with E-state index < -0.39 is 18.0 Å². The van der Waals surface area contributed by atoms with Crippen LogP contribution in [0.2, 0.25) is 0 Å². The van der Waals surface area contributed by atoms with Gasteiger partial charge in [-0.3, -0.25) is 4.79 Å². The number of rotatable bonds is 16. The molecule has 0 aliphatic heterocycles. The molecule has 0 fully saturated rings. The predicted octanol–water partition coefficient (Wildman–Crippen LogP) is 16.2. The van der Waals surface area contributed by atoms with Gasteiger partial charge in [-0.05, 0) is 199 Å². The molecule has 0 spiro atoms. The summed E-state index contributed by atoms with van der Waals surface area (Å²) >= 11 is 0. The Labute approximate surface area is 472 Å². The van der Waals surface area contributed by atoms with Crippen LogP contribution in [0.4, 0.5) is 11.4 Å². The van der Waals surface area contributed by atoms with Gasteiger partial charge in [-0.2, -0.15) is 0 Å². The number of benzene rings is 6. The molecule has 0 radical (unpaired) electrons. The molecule has 1 atom stereocenters. The number of carbonyl (C=O) groups excluding carboxylic acids is 3. The van der Waals surface area contributed by atoms with Crippen LogP contribution in [0.15, 0.2) is 133 Å². The standard InChI is InChI=1S/C72H86N2O5/c1-67(2)37-39-69(5,6)63-53(45-71(9,10)55-27-31-57(32-28-55)73(13)14)41-51(43-59(63)67)61(75)35-21-47-17-23-49(24-18-47)65(77)79-66(78)50-25-19-48(20-26-50)22-36-62(76)52-42-54(64-60(44-52)68(3,4)38-40-70(64,7)8)46-72(11,12)56-29-33-58(34-30-56)74(15)16/h17-36,41-44,61,75H,37-40,45-46H2,1-16H3. The van der Waals surface area contributed by atoms with Crippen molar-refractivity contribution in [2.24, 2.45) is 0 Å². The molecule has 0 saturated heterocycles. The summed E-state index contributed by atoms with van der Waals surface area (Å²) in [5.74, 6) is -1.62. The van der Waals surface area contributed by atoms with E-state index in [0.717, 1.165) is 60.9 Å². The van der Waals surface area contributed by atoms with Gasteiger partial charge in [0.05, 0.1) is 17.2 Å². The third-order valence-corrected chi connectivity index (χ3v) is 17.6. The summed E-state index contributed by atoms with van der Waals surface area (Å²) in [6, 6.07) is 39.8. The van der Waals surface area contributed by atoms with Crippen LogP contribution in [0.25, 0.3) is 12.2 Å². The zero-order valence-corrected chi connectivity index (χ0v) is 50.2. The van der Waals surface area contributed by atoms with Crippen LogP contribution >= 0.6 is 0 Å². The second kappa shape index (κ2) is 22.0. The van der Waals surface area contributed by atoms with Crippen molar-refractivity contribution in [3.63, 3.8) is 0 Å². The smallest absolute Gasteiger partial charge is 0.346 e. The molecule has 8 rings (SSSR count). The van der Waals surface area contributed by atoms with Crippen molar-refractivity contribution in [3.8, 4) is 0 Å². The lowest BCUT2D eigenvalue weighted by Crippen LogP contribution is -2.36. The molecule has 7 heteroatoms. The highest BCUT2D eigenvalue weighted by molar-refractivity contribution is 6.07. The average Bonchev–Trinajstić information content (AvgIpc) is 3.59. The van der Waals surface area contributed by atoms with E-state index in [1.807, 2.05) is 6.08 Å². The molecule has 0 heterocycles. The van der Waals surface area contributed by atoms with E-state index in [2.05, 4.69) is 194 Å². The van der Waals surface area contributed by atoms with Gasteiger partial charge in [0.2, 0.25) is 0 Å². The molecule has 0 amide bonds. The van der Waals surface area contributed by atoms with E-state index in [-0.39, 0.29) is 49.4 Å². The number of allylic oxidation sites excluding steroid dienone is 1. The van der Waals surface area contributed by atoms with Crippen LogP contribution in [0.3, 0.4) is 0 Å². The highest BCUT2D eigenvalue weighted by Crippen LogP contribution is 2.51. The minimum atomic E-state index is -0.860. The first-order chi connectivity index (χ1) is 36.9. The second-order valence-corrected chi connectivity index (χ2v) is 27.1. The molecule has 1 N–H and O–H groups in total. The van der Waals surface area contributed by atoms with Gasteiger partial charge >= 0.3 is 11.9 Å². The summed E-state index contributed by atoms with van der Waals surface area (Å²) in [6.45, 7) is 27.8. The van der Waals surface area contributed by atoms with Gasteiger partial charge < -0.3 is 19.6 Å².